The third kappa shape index (κ3) is 7.30. The van der Waals surface area contributed by atoms with Gasteiger partial charge in [-0.15, -0.1) is 0 Å². The zero-order valence-corrected chi connectivity index (χ0v) is 25.6. The van der Waals surface area contributed by atoms with Gasteiger partial charge in [0.1, 0.15) is 11.4 Å². The van der Waals surface area contributed by atoms with E-state index in [9.17, 15) is 28.7 Å². The molecule has 44 heavy (non-hydrogen) atoms. The summed E-state index contributed by atoms with van der Waals surface area (Å²) in [5, 5.41) is 9.48. The average molecular weight is 605 g/mol. The highest BCUT2D eigenvalue weighted by molar-refractivity contribution is 6.10. The van der Waals surface area contributed by atoms with E-state index in [0.717, 1.165) is 5.56 Å². The molecule has 0 aliphatic carbocycles. The normalized spacial score (nSPS) is 14.8. The molecular weight excluding hydrogens is 567 g/mol. The number of aromatic carboxylic acids is 1. The Labute approximate surface area is 256 Å². The number of likely N-dealkylation sites (tertiary alicyclic amines) is 1. The van der Waals surface area contributed by atoms with Gasteiger partial charge in [0.2, 0.25) is 0 Å². The van der Waals surface area contributed by atoms with E-state index in [1.165, 1.54) is 24.3 Å². The predicted molar refractivity (Wildman–Crippen MR) is 161 cm³/mol. The third-order valence-electron chi connectivity index (χ3n) is 7.34. The number of rotatable bonds is 9. The number of Topliss-reactive ketones (excluding diaryl/α,β-unsaturated/α-hetero) is 1. The fourth-order valence-electron chi connectivity index (χ4n) is 5.41. The number of hydrogen-bond donors (Lipinski definition) is 1. The van der Waals surface area contributed by atoms with Gasteiger partial charge in [0.25, 0.3) is 0 Å². The molecule has 1 N–H and O–H groups in total. The molecule has 10 heteroatoms. The molecule has 0 unspecified atom stereocenters. The second-order valence-electron chi connectivity index (χ2n) is 11.7. The van der Waals surface area contributed by atoms with Gasteiger partial charge in [0.05, 0.1) is 29.5 Å². The van der Waals surface area contributed by atoms with Crippen LogP contribution in [0.3, 0.4) is 0 Å². The summed E-state index contributed by atoms with van der Waals surface area (Å²) >= 11 is 0. The molecule has 0 radical (unpaired) electrons. The quantitative estimate of drug-likeness (QED) is 0.205. The van der Waals surface area contributed by atoms with E-state index >= 15 is 0 Å². The number of ether oxygens (including phenoxy) is 2. The minimum Gasteiger partial charge on any atom is -0.478 e. The number of esters is 1. The van der Waals surface area contributed by atoms with Crippen LogP contribution in [0.2, 0.25) is 0 Å². The van der Waals surface area contributed by atoms with Crippen molar-refractivity contribution in [3.05, 3.63) is 88.0 Å². The minimum atomic E-state index is -1.12. The van der Waals surface area contributed by atoms with E-state index in [2.05, 4.69) is 0 Å². The summed E-state index contributed by atoms with van der Waals surface area (Å²) in [5.74, 6) is -2.52. The van der Waals surface area contributed by atoms with E-state index in [-0.39, 0.29) is 52.6 Å². The Morgan fingerprint density at radius 3 is 2.27 bits per heavy atom. The number of ketones is 1. The van der Waals surface area contributed by atoms with Crippen molar-refractivity contribution < 1.29 is 38.1 Å². The largest absolute Gasteiger partial charge is 0.478 e. The fourth-order valence-corrected chi connectivity index (χ4v) is 5.41. The van der Waals surface area contributed by atoms with Crippen molar-refractivity contribution in [2.24, 2.45) is 0 Å². The van der Waals surface area contributed by atoms with Gasteiger partial charge in [0.15, 0.2) is 5.78 Å². The molecule has 1 aliphatic heterocycles. The number of carbonyl (C=O) groups is 4. The lowest BCUT2D eigenvalue weighted by Crippen LogP contribution is -2.37. The molecule has 4 rings (SSSR count). The molecule has 1 atom stereocenters. The molecule has 1 fully saturated rings. The highest BCUT2D eigenvalue weighted by atomic mass is 19.1. The lowest BCUT2D eigenvalue weighted by molar-refractivity contribution is 0.0216. The van der Waals surface area contributed by atoms with Gasteiger partial charge >= 0.3 is 18.0 Å². The molecule has 2 aromatic carbocycles. The maximum atomic E-state index is 13.9. The van der Waals surface area contributed by atoms with Crippen molar-refractivity contribution in [3.63, 3.8) is 0 Å². The highest BCUT2D eigenvalue weighted by Crippen LogP contribution is 2.40. The molecule has 0 saturated carbocycles. The van der Waals surface area contributed by atoms with Crippen LogP contribution in [0.25, 0.3) is 11.1 Å². The molecule has 9 nitrogen and oxygen atoms in total. The van der Waals surface area contributed by atoms with Crippen LogP contribution in [-0.4, -0.2) is 57.6 Å². The van der Waals surface area contributed by atoms with Gasteiger partial charge < -0.3 is 14.6 Å². The molecule has 1 aromatic heterocycles. The zero-order chi connectivity index (χ0) is 32.2. The first kappa shape index (κ1) is 32.3. The van der Waals surface area contributed by atoms with Crippen LogP contribution in [0.1, 0.15) is 101 Å². The van der Waals surface area contributed by atoms with E-state index < -0.39 is 29.7 Å². The Morgan fingerprint density at radius 1 is 1.02 bits per heavy atom. The average Bonchev–Trinajstić information content (AvgIpc) is 3.46. The molecule has 0 spiro atoms. The smallest absolute Gasteiger partial charge is 0.410 e. The van der Waals surface area contributed by atoms with Crippen LogP contribution in [-0.2, 0) is 15.9 Å². The van der Waals surface area contributed by atoms with Gasteiger partial charge in [-0.3, -0.25) is 14.7 Å². The Bertz CT molecular complexity index is 1560. The summed E-state index contributed by atoms with van der Waals surface area (Å²) in [5.41, 5.74) is 1.64. The van der Waals surface area contributed by atoms with E-state index in [4.69, 9.17) is 14.5 Å². The number of aryl methyl sites for hydroxylation is 2. The van der Waals surface area contributed by atoms with Crippen molar-refractivity contribution in [2.45, 2.75) is 71.9 Å². The molecule has 0 bridgehead atoms. The van der Waals surface area contributed by atoms with Gasteiger partial charge in [-0.05, 0) is 89.3 Å². The van der Waals surface area contributed by atoms with Crippen LogP contribution >= 0.6 is 0 Å². The standard InChI is InChI=1S/C34H37FN2O7/c1-6-43-32(41)29-28(22-12-14-23(15-13-22)31(39)40)27(26(38)18-11-21-9-16-24(35)17-10-21)20(2)36-30(29)25-8-7-19-37(25)33(42)44-34(3,4)5/h9-10,12-17,25H,6-8,11,18-19H2,1-5H3,(H,39,40)/t25-/m0/s1. The number of hydrogen-bond acceptors (Lipinski definition) is 7. The maximum Gasteiger partial charge on any atom is 0.410 e. The molecule has 2 heterocycles. The number of halogens is 1. The molecule has 1 saturated heterocycles. The first-order valence-corrected chi connectivity index (χ1v) is 14.6. The summed E-state index contributed by atoms with van der Waals surface area (Å²) in [6.45, 7) is 9.10. The fraction of sp³-hybridized carbons (Fsp3) is 0.382. The van der Waals surface area contributed by atoms with Crippen molar-refractivity contribution in [3.8, 4) is 11.1 Å². The lowest BCUT2D eigenvalue weighted by Gasteiger charge is -2.30. The van der Waals surface area contributed by atoms with Crippen LogP contribution < -0.4 is 0 Å². The Hall–Kier alpha value is -4.60. The van der Waals surface area contributed by atoms with Crippen LogP contribution in [0.4, 0.5) is 9.18 Å². The number of carboxylic acid groups (broad SMARTS) is 1. The van der Waals surface area contributed by atoms with Crippen LogP contribution in [0, 0.1) is 12.7 Å². The number of carbonyl (C=O) groups excluding carboxylic acids is 3. The molecule has 3 aromatic rings. The molecular formula is C34H37FN2O7. The zero-order valence-electron chi connectivity index (χ0n) is 25.6. The Morgan fingerprint density at radius 2 is 1.68 bits per heavy atom. The number of aromatic nitrogens is 1. The van der Waals surface area contributed by atoms with E-state index in [0.29, 0.717) is 37.1 Å². The number of amides is 1. The molecule has 232 valence electrons. The number of nitrogens with zero attached hydrogens (tertiary/aromatic N) is 2. The summed E-state index contributed by atoms with van der Waals surface area (Å²) in [4.78, 5) is 58.8. The minimum absolute atomic E-state index is 0.0357. The van der Waals surface area contributed by atoms with Gasteiger partial charge in [0, 0.05) is 29.8 Å². The third-order valence-corrected chi connectivity index (χ3v) is 7.34. The number of benzene rings is 2. The van der Waals surface area contributed by atoms with Gasteiger partial charge in [-0.25, -0.2) is 18.8 Å². The van der Waals surface area contributed by atoms with Crippen LogP contribution in [0.15, 0.2) is 48.5 Å². The maximum absolute atomic E-state index is 13.9. The van der Waals surface area contributed by atoms with Crippen molar-refractivity contribution in [2.75, 3.05) is 13.2 Å². The van der Waals surface area contributed by atoms with Crippen molar-refractivity contribution in [1.29, 1.82) is 0 Å². The second kappa shape index (κ2) is 13.4. The molecule has 1 amide bonds. The summed E-state index contributed by atoms with van der Waals surface area (Å²) in [7, 11) is 0. The van der Waals surface area contributed by atoms with Crippen LogP contribution in [0.5, 0.6) is 0 Å². The highest BCUT2D eigenvalue weighted by Gasteiger charge is 2.39. The first-order valence-electron chi connectivity index (χ1n) is 14.6. The van der Waals surface area contributed by atoms with E-state index in [1.807, 2.05) is 0 Å². The first-order chi connectivity index (χ1) is 20.8. The Kier molecular flexibility index (Phi) is 9.81. The summed E-state index contributed by atoms with van der Waals surface area (Å²) in [6.07, 6.45) is 0.979. The van der Waals surface area contributed by atoms with Crippen molar-refractivity contribution >= 4 is 23.8 Å². The topological polar surface area (TPSA) is 123 Å². The Balaban J connectivity index is 1.91. The monoisotopic (exact) mass is 604 g/mol. The SMILES string of the molecule is CCOC(=O)c1c([C@@H]2CCCN2C(=O)OC(C)(C)C)nc(C)c(C(=O)CCc2ccc(F)cc2)c1-c1ccc(C(=O)O)cc1. The molecule has 1 aliphatic rings. The van der Waals surface area contributed by atoms with E-state index in [1.54, 1.807) is 63.8 Å². The summed E-state index contributed by atoms with van der Waals surface area (Å²) < 4.78 is 24.6. The second-order valence-corrected chi connectivity index (χ2v) is 11.7. The lowest BCUT2D eigenvalue weighted by atomic mass is 9.87. The van der Waals surface area contributed by atoms with Crippen molar-refractivity contribution in [1.82, 2.24) is 9.88 Å². The van der Waals surface area contributed by atoms with Gasteiger partial charge in [-0.2, -0.15) is 0 Å². The predicted octanol–water partition coefficient (Wildman–Crippen LogP) is 6.96. The number of carboxylic acids is 1. The number of pyridine rings is 1. The summed E-state index contributed by atoms with van der Waals surface area (Å²) in [6, 6.07) is 11.1. The van der Waals surface area contributed by atoms with Gasteiger partial charge in [-0.1, -0.05) is 24.3 Å².